The number of ether oxygens (including phenoxy) is 2. The Hall–Kier alpha value is -0.490. The first-order valence-electron chi connectivity index (χ1n) is 6.05. The van der Waals surface area contributed by atoms with E-state index >= 15 is 0 Å². The van der Waals surface area contributed by atoms with Crippen molar-refractivity contribution in [3.63, 3.8) is 0 Å². The van der Waals surface area contributed by atoms with E-state index in [9.17, 15) is 0 Å². The van der Waals surface area contributed by atoms with Crippen molar-refractivity contribution >= 4 is 11.3 Å². The summed E-state index contributed by atoms with van der Waals surface area (Å²) in [5.41, 5.74) is -0.127. The van der Waals surface area contributed by atoms with Gasteiger partial charge >= 0.3 is 0 Å². The summed E-state index contributed by atoms with van der Waals surface area (Å²) in [6.07, 6.45) is 3.95. The minimum absolute atomic E-state index is 0.127. The van der Waals surface area contributed by atoms with E-state index in [4.69, 9.17) is 9.47 Å². The van der Waals surface area contributed by atoms with Crippen LogP contribution < -0.4 is 5.32 Å². The van der Waals surface area contributed by atoms with Crippen LogP contribution in [0.25, 0.3) is 0 Å². The first kappa shape index (κ1) is 13.0. The lowest BCUT2D eigenvalue weighted by Gasteiger charge is -2.25. The molecule has 1 aromatic heterocycles. The first-order valence-corrected chi connectivity index (χ1v) is 6.87. The van der Waals surface area contributed by atoms with E-state index in [2.05, 4.69) is 17.2 Å². The molecule has 1 aliphatic rings. The van der Waals surface area contributed by atoms with E-state index in [1.807, 2.05) is 6.20 Å². The first-order chi connectivity index (χ1) is 8.28. The van der Waals surface area contributed by atoms with E-state index < -0.39 is 0 Å². The zero-order valence-corrected chi connectivity index (χ0v) is 11.3. The molecule has 2 rings (SSSR count). The van der Waals surface area contributed by atoms with Gasteiger partial charge in [-0.1, -0.05) is 6.92 Å². The summed E-state index contributed by atoms with van der Waals surface area (Å²) in [6.45, 7) is 5.33. The summed E-state index contributed by atoms with van der Waals surface area (Å²) >= 11 is 1.78. The molecule has 17 heavy (non-hydrogen) atoms. The van der Waals surface area contributed by atoms with Gasteiger partial charge in [0.25, 0.3) is 0 Å². The highest BCUT2D eigenvalue weighted by Crippen LogP contribution is 2.21. The average molecular weight is 256 g/mol. The van der Waals surface area contributed by atoms with Crippen LogP contribution in [0.15, 0.2) is 6.20 Å². The van der Waals surface area contributed by atoms with Crippen LogP contribution in [0.5, 0.6) is 0 Å². The lowest BCUT2D eigenvalue weighted by atomic mass is 10.0. The molecule has 1 fully saturated rings. The van der Waals surface area contributed by atoms with Crippen LogP contribution in [0.3, 0.4) is 0 Å². The van der Waals surface area contributed by atoms with Crippen molar-refractivity contribution in [2.24, 2.45) is 0 Å². The molecule has 5 heteroatoms. The molecular formula is C12H20N2O2S. The van der Waals surface area contributed by atoms with Crippen LogP contribution in [-0.4, -0.2) is 37.5 Å². The van der Waals surface area contributed by atoms with Gasteiger partial charge in [-0.15, -0.1) is 11.3 Å². The fourth-order valence-corrected chi connectivity index (χ4v) is 2.80. The highest BCUT2D eigenvalue weighted by Gasteiger charge is 2.34. The predicted octanol–water partition coefficient (Wildman–Crippen LogP) is 1.60. The largest absolute Gasteiger partial charge is 0.378 e. The summed E-state index contributed by atoms with van der Waals surface area (Å²) in [7, 11) is 1.76. The molecule has 4 nitrogen and oxygen atoms in total. The maximum absolute atomic E-state index is 5.56. The Labute approximate surface area is 106 Å². The van der Waals surface area contributed by atoms with E-state index in [-0.39, 0.29) is 5.60 Å². The van der Waals surface area contributed by atoms with E-state index in [1.165, 1.54) is 9.88 Å². The summed E-state index contributed by atoms with van der Waals surface area (Å²) in [5, 5.41) is 4.64. The molecule has 1 saturated heterocycles. The Bertz CT molecular complexity index is 348. The maximum atomic E-state index is 5.56. The second-order valence-corrected chi connectivity index (χ2v) is 5.57. The molecule has 0 aliphatic carbocycles. The number of nitrogens with one attached hydrogen (secondary N) is 1. The zero-order valence-electron chi connectivity index (χ0n) is 10.5. The standard InChI is InChI=1S/C12H20N2O2S/c1-3-11-14-7-10(17-11)6-13-8-12(15-2)4-5-16-9-12/h7,13H,3-6,8-9H2,1-2H3. The monoisotopic (exact) mass is 256 g/mol. The molecule has 2 heterocycles. The van der Waals surface area contributed by atoms with Crippen molar-refractivity contribution in [2.45, 2.75) is 31.9 Å². The third-order valence-corrected chi connectivity index (χ3v) is 4.29. The van der Waals surface area contributed by atoms with Gasteiger partial charge in [0.05, 0.1) is 11.6 Å². The Morgan fingerprint density at radius 3 is 3.12 bits per heavy atom. The number of thiazole rings is 1. The number of hydrogen-bond donors (Lipinski definition) is 1. The van der Waals surface area contributed by atoms with Gasteiger partial charge in [0.15, 0.2) is 0 Å². The Kier molecular flexibility index (Phi) is 4.50. The number of nitrogens with zero attached hydrogens (tertiary/aromatic N) is 1. The van der Waals surface area contributed by atoms with Crippen LogP contribution in [0.2, 0.25) is 0 Å². The summed E-state index contributed by atoms with van der Waals surface area (Å²) in [4.78, 5) is 5.63. The fraction of sp³-hybridized carbons (Fsp3) is 0.750. The second-order valence-electron chi connectivity index (χ2n) is 4.37. The zero-order chi connectivity index (χ0) is 12.1. The Morgan fingerprint density at radius 2 is 2.53 bits per heavy atom. The molecule has 1 atom stereocenters. The molecule has 1 unspecified atom stereocenters. The van der Waals surface area contributed by atoms with E-state index in [0.717, 1.165) is 32.5 Å². The number of methoxy groups -OCH3 is 1. The summed E-state index contributed by atoms with van der Waals surface area (Å²) < 4.78 is 11.0. The molecule has 0 spiro atoms. The van der Waals surface area contributed by atoms with Gasteiger partial charge in [-0.2, -0.15) is 0 Å². The molecular weight excluding hydrogens is 236 g/mol. The van der Waals surface area contributed by atoms with Crippen LogP contribution in [0.1, 0.15) is 23.2 Å². The van der Waals surface area contributed by atoms with Gasteiger partial charge in [-0.05, 0) is 6.42 Å². The van der Waals surface area contributed by atoms with Gasteiger partial charge in [-0.25, -0.2) is 4.98 Å². The van der Waals surface area contributed by atoms with Crippen molar-refractivity contribution in [3.8, 4) is 0 Å². The molecule has 0 radical (unpaired) electrons. The Morgan fingerprint density at radius 1 is 1.65 bits per heavy atom. The smallest absolute Gasteiger partial charge is 0.106 e. The minimum Gasteiger partial charge on any atom is -0.378 e. The van der Waals surface area contributed by atoms with Gasteiger partial charge in [0.1, 0.15) is 5.60 Å². The molecule has 1 aliphatic heterocycles. The minimum atomic E-state index is -0.127. The van der Waals surface area contributed by atoms with E-state index in [0.29, 0.717) is 6.61 Å². The molecule has 1 N–H and O–H groups in total. The summed E-state index contributed by atoms with van der Waals surface area (Å²) in [6, 6.07) is 0. The lowest BCUT2D eigenvalue weighted by Crippen LogP contribution is -2.42. The van der Waals surface area contributed by atoms with Crippen molar-refractivity contribution in [3.05, 3.63) is 16.1 Å². The van der Waals surface area contributed by atoms with Crippen molar-refractivity contribution in [1.29, 1.82) is 0 Å². The number of rotatable bonds is 6. The van der Waals surface area contributed by atoms with Gasteiger partial charge < -0.3 is 14.8 Å². The van der Waals surface area contributed by atoms with Crippen LogP contribution in [0.4, 0.5) is 0 Å². The summed E-state index contributed by atoms with van der Waals surface area (Å²) in [5.74, 6) is 0. The highest BCUT2D eigenvalue weighted by atomic mass is 32.1. The number of aryl methyl sites for hydroxylation is 1. The highest BCUT2D eigenvalue weighted by molar-refractivity contribution is 7.11. The molecule has 0 amide bonds. The molecule has 1 aromatic rings. The van der Waals surface area contributed by atoms with Gasteiger partial charge in [0.2, 0.25) is 0 Å². The van der Waals surface area contributed by atoms with Crippen molar-refractivity contribution < 1.29 is 9.47 Å². The SMILES string of the molecule is CCc1ncc(CNCC2(OC)CCOC2)s1. The molecule has 0 bridgehead atoms. The molecule has 96 valence electrons. The molecule has 0 saturated carbocycles. The van der Waals surface area contributed by atoms with Crippen LogP contribution >= 0.6 is 11.3 Å². The number of aromatic nitrogens is 1. The average Bonchev–Trinajstić information content (AvgIpc) is 2.98. The second kappa shape index (κ2) is 5.91. The molecule has 0 aromatic carbocycles. The predicted molar refractivity (Wildman–Crippen MR) is 68.4 cm³/mol. The fourth-order valence-electron chi connectivity index (χ4n) is 1.97. The maximum Gasteiger partial charge on any atom is 0.106 e. The van der Waals surface area contributed by atoms with Gasteiger partial charge in [0, 0.05) is 44.3 Å². The quantitative estimate of drug-likeness (QED) is 0.839. The Balaban J connectivity index is 1.78. The topological polar surface area (TPSA) is 43.4 Å². The van der Waals surface area contributed by atoms with Crippen molar-refractivity contribution in [2.75, 3.05) is 26.9 Å². The van der Waals surface area contributed by atoms with Crippen LogP contribution in [-0.2, 0) is 22.4 Å². The van der Waals surface area contributed by atoms with Gasteiger partial charge in [-0.3, -0.25) is 0 Å². The van der Waals surface area contributed by atoms with Crippen LogP contribution in [0, 0.1) is 0 Å². The normalized spacial score (nSPS) is 24.4. The third-order valence-electron chi connectivity index (χ3n) is 3.15. The lowest BCUT2D eigenvalue weighted by molar-refractivity contribution is -0.0159. The van der Waals surface area contributed by atoms with Crippen molar-refractivity contribution in [1.82, 2.24) is 10.3 Å². The number of hydrogen-bond acceptors (Lipinski definition) is 5. The third kappa shape index (κ3) is 3.25. The van der Waals surface area contributed by atoms with E-state index in [1.54, 1.807) is 18.4 Å².